The van der Waals surface area contributed by atoms with Gasteiger partial charge < -0.3 is 20.4 Å². The third-order valence-corrected chi connectivity index (χ3v) is 3.28. The summed E-state index contributed by atoms with van der Waals surface area (Å²) in [5, 5.41) is 22.3. The lowest BCUT2D eigenvalue weighted by Crippen LogP contribution is -2.45. The average Bonchev–Trinajstić information content (AvgIpc) is 2.75. The van der Waals surface area contributed by atoms with Gasteiger partial charge in [0, 0.05) is 19.7 Å². The van der Waals surface area contributed by atoms with Crippen LogP contribution in [0.5, 0.6) is 5.75 Å². The molecule has 1 atom stereocenters. The first-order valence-corrected chi connectivity index (χ1v) is 6.08. The number of aromatic hydroxyl groups is 1. The summed E-state index contributed by atoms with van der Waals surface area (Å²) >= 11 is 0. The summed E-state index contributed by atoms with van der Waals surface area (Å²) in [6.07, 6.45) is 0.558. The first-order chi connectivity index (χ1) is 8.91. The standard InChI is InChI=1S/C13H17FN2O3/c1-16(8-13(19)4-5-15-7-13)12(18)10-3-2-9(17)6-11(10)14/h2-3,6,15,17,19H,4-5,7-8H2,1H3. The number of rotatable bonds is 3. The Morgan fingerprint density at radius 1 is 1.58 bits per heavy atom. The molecule has 1 aromatic carbocycles. The maximum atomic E-state index is 13.6. The van der Waals surface area contributed by atoms with E-state index in [-0.39, 0.29) is 17.9 Å². The van der Waals surface area contributed by atoms with E-state index < -0.39 is 17.3 Å². The van der Waals surface area contributed by atoms with Gasteiger partial charge in [-0.05, 0) is 25.1 Å². The van der Waals surface area contributed by atoms with Crippen molar-refractivity contribution >= 4 is 5.91 Å². The Hall–Kier alpha value is -1.66. The molecule has 1 amide bonds. The van der Waals surface area contributed by atoms with Crippen LogP contribution >= 0.6 is 0 Å². The quantitative estimate of drug-likeness (QED) is 0.738. The first-order valence-electron chi connectivity index (χ1n) is 6.08. The summed E-state index contributed by atoms with van der Waals surface area (Å²) in [7, 11) is 1.52. The fraction of sp³-hybridized carbons (Fsp3) is 0.462. The van der Waals surface area contributed by atoms with Crippen molar-refractivity contribution in [2.75, 3.05) is 26.7 Å². The Bertz CT molecular complexity index is 487. The van der Waals surface area contributed by atoms with Crippen LogP contribution in [0.15, 0.2) is 18.2 Å². The third-order valence-electron chi connectivity index (χ3n) is 3.28. The molecule has 1 saturated heterocycles. The van der Waals surface area contributed by atoms with E-state index in [2.05, 4.69) is 5.32 Å². The predicted molar refractivity (Wildman–Crippen MR) is 67.5 cm³/mol. The van der Waals surface area contributed by atoms with Crippen LogP contribution in [0.2, 0.25) is 0 Å². The molecule has 1 fully saturated rings. The highest BCUT2D eigenvalue weighted by atomic mass is 19.1. The lowest BCUT2D eigenvalue weighted by Gasteiger charge is -2.28. The van der Waals surface area contributed by atoms with Crippen LogP contribution in [0.3, 0.4) is 0 Å². The molecule has 3 N–H and O–H groups in total. The minimum Gasteiger partial charge on any atom is -0.508 e. The topological polar surface area (TPSA) is 72.8 Å². The van der Waals surface area contributed by atoms with E-state index in [0.717, 1.165) is 6.07 Å². The monoisotopic (exact) mass is 268 g/mol. The lowest BCUT2D eigenvalue weighted by atomic mass is 10.0. The normalized spacial score (nSPS) is 22.5. The number of aliphatic hydroxyl groups is 1. The van der Waals surface area contributed by atoms with E-state index in [1.54, 1.807) is 0 Å². The molecule has 0 aliphatic carbocycles. The van der Waals surface area contributed by atoms with E-state index in [1.165, 1.54) is 24.1 Å². The van der Waals surface area contributed by atoms with Gasteiger partial charge in [-0.3, -0.25) is 4.79 Å². The predicted octanol–water partition coefficient (Wildman–Crippen LogP) is 0.328. The molecule has 5 nitrogen and oxygen atoms in total. The number of nitrogens with zero attached hydrogens (tertiary/aromatic N) is 1. The molecule has 1 aromatic rings. The number of nitrogens with one attached hydrogen (secondary N) is 1. The Morgan fingerprint density at radius 2 is 2.32 bits per heavy atom. The number of carbonyl (C=O) groups is 1. The minimum atomic E-state index is -0.961. The molecular weight excluding hydrogens is 251 g/mol. The van der Waals surface area contributed by atoms with Crippen molar-refractivity contribution in [3.05, 3.63) is 29.6 Å². The highest BCUT2D eigenvalue weighted by Gasteiger charge is 2.34. The van der Waals surface area contributed by atoms with Crippen molar-refractivity contribution in [1.82, 2.24) is 10.2 Å². The van der Waals surface area contributed by atoms with Gasteiger partial charge in [0.1, 0.15) is 11.6 Å². The Morgan fingerprint density at radius 3 is 2.89 bits per heavy atom. The van der Waals surface area contributed by atoms with Crippen LogP contribution in [-0.2, 0) is 0 Å². The van der Waals surface area contributed by atoms with Crippen molar-refractivity contribution in [3.8, 4) is 5.75 Å². The zero-order valence-electron chi connectivity index (χ0n) is 10.7. The fourth-order valence-corrected chi connectivity index (χ4v) is 2.26. The summed E-state index contributed by atoms with van der Waals surface area (Å²) in [6.45, 7) is 1.26. The molecule has 19 heavy (non-hydrogen) atoms. The average molecular weight is 268 g/mol. The zero-order chi connectivity index (χ0) is 14.0. The van der Waals surface area contributed by atoms with Crippen LogP contribution < -0.4 is 5.32 Å². The highest BCUT2D eigenvalue weighted by molar-refractivity contribution is 5.94. The van der Waals surface area contributed by atoms with E-state index in [4.69, 9.17) is 5.11 Å². The second-order valence-corrected chi connectivity index (χ2v) is 4.98. The number of likely N-dealkylation sites (N-methyl/N-ethyl adjacent to an activating group) is 1. The summed E-state index contributed by atoms with van der Waals surface area (Å²) < 4.78 is 13.6. The molecule has 104 valence electrons. The summed E-state index contributed by atoms with van der Waals surface area (Å²) in [6, 6.07) is 3.39. The molecule has 6 heteroatoms. The van der Waals surface area contributed by atoms with Gasteiger partial charge in [0.15, 0.2) is 0 Å². The lowest BCUT2D eigenvalue weighted by molar-refractivity contribution is 0.0250. The number of phenolic OH excluding ortho intramolecular Hbond substituents is 1. The van der Waals surface area contributed by atoms with Gasteiger partial charge in [0.05, 0.1) is 17.7 Å². The molecule has 0 radical (unpaired) electrons. The van der Waals surface area contributed by atoms with Gasteiger partial charge in [-0.25, -0.2) is 4.39 Å². The molecular formula is C13H17FN2O3. The van der Waals surface area contributed by atoms with Crippen molar-refractivity contribution in [2.45, 2.75) is 12.0 Å². The minimum absolute atomic E-state index is 0.116. The third kappa shape index (κ3) is 3.02. The number of halogens is 1. The van der Waals surface area contributed by atoms with Crippen molar-refractivity contribution in [3.63, 3.8) is 0 Å². The molecule has 0 spiro atoms. The maximum absolute atomic E-state index is 13.6. The molecule has 1 aliphatic heterocycles. The molecule has 1 aliphatic rings. The summed E-state index contributed by atoms with van der Waals surface area (Å²) in [5.74, 6) is -1.51. The summed E-state index contributed by atoms with van der Waals surface area (Å²) in [5.41, 5.74) is -1.08. The van der Waals surface area contributed by atoms with Crippen molar-refractivity contribution < 1.29 is 19.4 Å². The first kappa shape index (κ1) is 13.8. The van der Waals surface area contributed by atoms with Gasteiger partial charge in [-0.15, -0.1) is 0 Å². The second-order valence-electron chi connectivity index (χ2n) is 4.98. The number of benzene rings is 1. The van der Waals surface area contributed by atoms with Gasteiger partial charge in [-0.1, -0.05) is 0 Å². The molecule has 0 saturated carbocycles. The van der Waals surface area contributed by atoms with Gasteiger partial charge >= 0.3 is 0 Å². The van der Waals surface area contributed by atoms with Crippen LogP contribution in [0.4, 0.5) is 4.39 Å². The second kappa shape index (κ2) is 5.14. The number of hydrogen-bond acceptors (Lipinski definition) is 4. The maximum Gasteiger partial charge on any atom is 0.256 e. The largest absolute Gasteiger partial charge is 0.508 e. The smallest absolute Gasteiger partial charge is 0.256 e. The molecule has 2 rings (SSSR count). The van der Waals surface area contributed by atoms with Crippen LogP contribution in [0, 0.1) is 5.82 Å². The zero-order valence-corrected chi connectivity index (χ0v) is 10.7. The van der Waals surface area contributed by atoms with Gasteiger partial charge in [-0.2, -0.15) is 0 Å². The van der Waals surface area contributed by atoms with E-state index in [9.17, 15) is 14.3 Å². The Balaban J connectivity index is 2.10. The van der Waals surface area contributed by atoms with E-state index in [0.29, 0.717) is 19.5 Å². The van der Waals surface area contributed by atoms with Crippen molar-refractivity contribution in [1.29, 1.82) is 0 Å². The van der Waals surface area contributed by atoms with E-state index in [1.807, 2.05) is 0 Å². The number of β-amino-alcohol motifs (C(OH)–C–C–N with tert-alkyl or cyclic N) is 1. The van der Waals surface area contributed by atoms with Crippen LogP contribution in [0.1, 0.15) is 16.8 Å². The molecule has 0 bridgehead atoms. The van der Waals surface area contributed by atoms with E-state index >= 15 is 0 Å². The number of carbonyl (C=O) groups excluding carboxylic acids is 1. The fourth-order valence-electron chi connectivity index (χ4n) is 2.26. The SMILES string of the molecule is CN(CC1(O)CCNC1)C(=O)c1ccc(O)cc1F. The van der Waals surface area contributed by atoms with Crippen LogP contribution in [0.25, 0.3) is 0 Å². The number of amides is 1. The van der Waals surface area contributed by atoms with Crippen molar-refractivity contribution in [2.24, 2.45) is 0 Å². The highest BCUT2D eigenvalue weighted by Crippen LogP contribution is 2.19. The number of hydrogen-bond donors (Lipinski definition) is 3. The Labute approximate surface area is 110 Å². The summed E-state index contributed by atoms with van der Waals surface area (Å²) in [4.78, 5) is 13.4. The van der Waals surface area contributed by atoms with Gasteiger partial charge in [0.25, 0.3) is 5.91 Å². The van der Waals surface area contributed by atoms with Gasteiger partial charge in [0.2, 0.25) is 0 Å². The molecule has 1 unspecified atom stereocenters. The van der Waals surface area contributed by atoms with Crippen LogP contribution in [-0.4, -0.2) is 53.3 Å². The molecule has 1 heterocycles. The number of phenols is 1. The Kier molecular flexibility index (Phi) is 3.73. The molecule has 0 aromatic heterocycles.